The number of hydrogen-bond acceptors (Lipinski definition) is 5. The van der Waals surface area contributed by atoms with Crippen molar-refractivity contribution in [1.82, 2.24) is 15.8 Å². The topological polar surface area (TPSA) is 84.8 Å². The smallest absolute Gasteiger partial charge is 0.191 e. The Kier molecular flexibility index (Phi) is 11.0. The molecule has 0 aliphatic carbocycles. The fourth-order valence-electron chi connectivity index (χ4n) is 2.48. The molecule has 0 aliphatic rings. The molecule has 0 atom stereocenters. The maximum absolute atomic E-state index is 5.56. The fourth-order valence-corrected chi connectivity index (χ4v) is 2.48. The minimum absolute atomic E-state index is 0. The second kappa shape index (κ2) is 12.7. The van der Waals surface area contributed by atoms with Gasteiger partial charge in [-0.1, -0.05) is 19.0 Å². The van der Waals surface area contributed by atoms with Gasteiger partial charge >= 0.3 is 0 Å². The van der Waals surface area contributed by atoms with E-state index >= 15 is 0 Å². The third-order valence-corrected chi connectivity index (χ3v) is 3.85. The highest BCUT2D eigenvalue weighted by atomic mass is 127. The van der Waals surface area contributed by atoms with Crippen LogP contribution in [-0.4, -0.2) is 31.3 Å². The normalized spacial score (nSPS) is 11.3. The van der Waals surface area contributed by atoms with Crippen LogP contribution >= 0.6 is 24.0 Å². The zero-order valence-corrected chi connectivity index (χ0v) is 18.0. The number of guanidine groups is 1. The number of aryl methyl sites for hydroxylation is 2. The van der Waals surface area contributed by atoms with Gasteiger partial charge in [0.05, 0.1) is 12.0 Å². The molecule has 0 spiro atoms. The molecule has 0 amide bonds. The summed E-state index contributed by atoms with van der Waals surface area (Å²) in [4.78, 5) is 4.24. The van der Waals surface area contributed by atoms with Gasteiger partial charge in [0.1, 0.15) is 18.1 Å². The number of aliphatic imine (C=N–C) groups is 1. The van der Waals surface area contributed by atoms with Gasteiger partial charge in [-0.05, 0) is 25.0 Å². The number of ether oxygens (including phenoxy) is 1. The Hall–Kier alpha value is -1.55. The molecule has 2 N–H and O–H groups in total. The fraction of sp³-hybridized carbons (Fsp3) is 0.556. The van der Waals surface area contributed by atoms with Crippen molar-refractivity contribution in [2.24, 2.45) is 4.99 Å². The molecule has 0 saturated heterocycles. The van der Waals surface area contributed by atoms with Crippen LogP contribution in [-0.2, 0) is 30.7 Å². The Labute approximate surface area is 172 Å². The zero-order chi connectivity index (χ0) is 17.9. The first-order valence-corrected chi connectivity index (χ1v) is 8.79. The number of hydrogen-bond donors (Lipinski definition) is 2. The van der Waals surface area contributed by atoms with Crippen molar-refractivity contribution in [2.45, 2.75) is 46.3 Å². The molecular formula is C18H29IN4O3. The molecule has 7 nitrogen and oxygen atoms in total. The molecule has 0 bridgehead atoms. The molecule has 8 heteroatoms. The average Bonchev–Trinajstić information content (AvgIpc) is 3.29. The SMILES string of the molecule is CCc1noc(CC)c1CNC(=NC)NCCCOCc1ccco1.I. The van der Waals surface area contributed by atoms with Crippen molar-refractivity contribution in [3.63, 3.8) is 0 Å². The van der Waals surface area contributed by atoms with Crippen molar-refractivity contribution < 1.29 is 13.7 Å². The van der Waals surface area contributed by atoms with Crippen LogP contribution in [0.4, 0.5) is 0 Å². The van der Waals surface area contributed by atoms with Crippen LogP contribution in [0.2, 0.25) is 0 Å². The van der Waals surface area contributed by atoms with E-state index in [-0.39, 0.29) is 24.0 Å². The van der Waals surface area contributed by atoms with Crippen LogP contribution in [0.5, 0.6) is 0 Å². The van der Waals surface area contributed by atoms with Crippen molar-refractivity contribution >= 4 is 29.9 Å². The molecule has 0 aliphatic heterocycles. The lowest BCUT2D eigenvalue weighted by atomic mass is 10.1. The minimum Gasteiger partial charge on any atom is -0.467 e. The lowest BCUT2D eigenvalue weighted by Crippen LogP contribution is -2.37. The molecule has 0 saturated carbocycles. The Morgan fingerprint density at radius 1 is 1.27 bits per heavy atom. The van der Waals surface area contributed by atoms with Gasteiger partial charge in [0.25, 0.3) is 0 Å². The van der Waals surface area contributed by atoms with Crippen LogP contribution in [0.15, 0.2) is 32.3 Å². The van der Waals surface area contributed by atoms with Crippen molar-refractivity contribution in [3.8, 4) is 0 Å². The lowest BCUT2D eigenvalue weighted by molar-refractivity contribution is 0.105. The summed E-state index contributed by atoms with van der Waals surface area (Å²) in [5.41, 5.74) is 2.14. The van der Waals surface area contributed by atoms with Crippen LogP contribution in [0.3, 0.4) is 0 Å². The van der Waals surface area contributed by atoms with Crippen molar-refractivity contribution in [1.29, 1.82) is 0 Å². The monoisotopic (exact) mass is 476 g/mol. The number of furan rings is 1. The van der Waals surface area contributed by atoms with E-state index in [0.717, 1.165) is 54.5 Å². The maximum Gasteiger partial charge on any atom is 0.191 e. The first kappa shape index (κ1) is 22.5. The van der Waals surface area contributed by atoms with Gasteiger partial charge in [-0.25, -0.2) is 0 Å². The molecule has 0 aromatic carbocycles. The number of rotatable bonds is 10. The summed E-state index contributed by atoms with van der Waals surface area (Å²) in [6.07, 6.45) is 4.23. The highest BCUT2D eigenvalue weighted by molar-refractivity contribution is 14.0. The van der Waals surface area contributed by atoms with E-state index in [2.05, 4.69) is 34.6 Å². The predicted molar refractivity (Wildman–Crippen MR) is 112 cm³/mol. The standard InChI is InChI=1S/C18H28N4O3.HI/c1-4-16-15(17(5-2)25-22-16)12-21-18(19-3)20-9-7-10-23-13-14-8-6-11-24-14;/h6,8,11H,4-5,7,9-10,12-13H2,1-3H3,(H2,19,20,21);1H. The summed E-state index contributed by atoms with van der Waals surface area (Å²) < 4.78 is 16.2. The number of nitrogens with one attached hydrogen (secondary N) is 2. The Morgan fingerprint density at radius 3 is 2.77 bits per heavy atom. The quantitative estimate of drug-likeness (QED) is 0.237. The number of nitrogens with zero attached hydrogens (tertiary/aromatic N) is 2. The molecule has 2 aromatic heterocycles. The summed E-state index contributed by atoms with van der Waals surface area (Å²) in [6.45, 7) is 6.76. The van der Waals surface area contributed by atoms with E-state index in [1.165, 1.54) is 0 Å². The van der Waals surface area contributed by atoms with E-state index < -0.39 is 0 Å². The van der Waals surface area contributed by atoms with Crippen LogP contribution in [0, 0.1) is 0 Å². The summed E-state index contributed by atoms with van der Waals surface area (Å²) in [7, 11) is 1.76. The lowest BCUT2D eigenvalue weighted by Gasteiger charge is -2.12. The van der Waals surface area contributed by atoms with Crippen molar-refractivity contribution in [3.05, 3.63) is 41.2 Å². The Balaban J connectivity index is 0.00000338. The third kappa shape index (κ3) is 6.99. The summed E-state index contributed by atoms with van der Waals surface area (Å²) in [5.74, 6) is 2.54. The Morgan fingerprint density at radius 2 is 2.12 bits per heavy atom. The van der Waals surface area contributed by atoms with Gasteiger partial charge in [0.15, 0.2) is 5.96 Å². The highest BCUT2D eigenvalue weighted by Gasteiger charge is 2.13. The highest BCUT2D eigenvalue weighted by Crippen LogP contribution is 2.15. The summed E-state index contributed by atoms with van der Waals surface area (Å²) in [5, 5.41) is 10.7. The van der Waals surface area contributed by atoms with Crippen molar-refractivity contribution in [2.75, 3.05) is 20.2 Å². The third-order valence-electron chi connectivity index (χ3n) is 3.85. The Bertz CT molecular complexity index is 619. The van der Waals surface area contributed by atoms with Gasteiger partial charge in [0, 0.05) is 38.7 Å². The van der Waals surface area contributed by atoms with Crippen LogP contribution < -0.4 is 10.6 Å². The molecule has 0 fully saturated rings. The number of halogens is 1. The molecule has 2 heterocycles. The first-order valence-electron chi connectivity index (χ1n) is 8.79. The molecule has 2 rings (SSSR count). The van der Waals surface area contributed by atoms with E-state index in [1.807, 2.05) is 12.1 Å². The van der Waals surface area contributed by atoms with E-state index in [0.29, 0.717) is 19.8 Å². The molecule has 0 radical (unpaired) electrons. The largest absolute Gasteiger partial charge is 0.467 e. The molecule has 2 aromatic rings. The van der Waals surface area contributed by atoms with E-state index in [4.69, 9.17) is 13.7 Å². The van der Waals surface area contributed by atoms with Gasteiger partial charge in [0.2, 0.25) is 0 Å². The average molecular weight is 476 g/mol. The van der Waals surface area contributed by atoms with Gasteiger partial charge in [-0.3, -0.25) is 4.99 Å². The van der Waals surface area contributed by atoms with Crippen LogP contribution in [0.1, 0.15) is 43.0 Å². The number of aromatic nitrogens is 1. The molecule has 26 heavy (non-hydrogen) atoms. The second-order valence-electron chi connectivity index (χ2n) is 5.58. The van der Waals surface area contributed by atoms with Gasteiger partial charge in [-0.2, -0.15) is 0 Å². The minimum atomic E-state index is 0. The van der Waals surface area contributed by atoms with Gasteiger partial charge < -0.3 is 24.3 Å². The van der Waals surface area contributed by atoms with Crippen LogP contribution in [0.25, 0.3) is 0 Å². The summed E-state index contributed by atoms with van der Waals surface area (Å²) >= 11 is 0. The van der Waals surface area contributed by atoms with E-state index in [9.17, 15) is 0 Å². The molecule has 146 valence electrons. The zero-order valence-electron chi connectivity index (χ0n) is 15.7. The molecular weight excluding hydrogens is 447 g/mol. The first-order chi connectivity index (χ1) is 12.3. The van der Waals surface area contributed by atoms with Gasteiger partial charge in [-0.15, -0.1) is 24.0 Å². The summed E-state index contributed by atoms with van der Waals surface area (Å²) in [6, 6.07) is 3.77. The molecule has 0 unspecified atom stereocenters. The maximum atomic E-state index is 5.56. The second-order valence-corrected chi connectivity index (χ2v) is 5.58. The van der Waals surface area contributed by atoms with E-state index in [1.54, 1.807) is 13.3 Å². The predicted octanol–water partition coefficient (Wildman–Crippen LogP) is 3.28.